The summed E-state index contributed by atoms with van der Waals surface area (Å²) in [7, 11) is 0. The molecule has 0 amide bonds. The Kier molecular flexibility index (Phi) is 3.71. The SMILES string of the molecule is CCCC(C)(C)c1ccc2cc3c(cc2c1)C(=O)c1cc2ccccc2cc1-3. The van der Waals surface area contributed by atoms with E-state index in [9.17, 15) is 4.79 Å². The third-order valence-electron chi connectivity index (χ3n) is 6.30. The molecular formula is C27H24O. The van der Waals surface area contributed by atoms with Gasteiger partial charge in [-0.1, -0.05) is 69.7 Å². The van der Waals surface area contributed by atoms with E-state index in [4.69, 9.17) is 0 Å². The molecule has 0 fully saturated rings. The molecule has 1 nitrogen and oxygen atoms in total. The molecule has 1 aliphatic rings. The van der Waals surface area contributed by atoms with Crippen LogP contribution in [-0.2, 0) is 5.41 Å². The van der Waals surface area contributed by atoms with Crippen molar-refractivity contribution in [1.29, 1.82) is 0 Å². The lowest BCUT2D eigenvalue weighted by atomic mass is 9.80. The van der Waals surface area contributed by atoms with Crippen molar-refractivity contribution < 1.29 is 4.79 Å². The Labute approximate surface area is 166 Å². The van der Waals surface area contributed by atoms with Crippen LogP contribution in [0.2, 0.25) is 0 Å². The molecule has 0 aliphatic heterocycles. The van der Waals surface area contributed by atoms with Gasteiger partial charge in [-0.05, 0) is 74.3 Å². The van der Waals surface area contributed by atoms with Gasteiger partial charge in [-0.25, -0.2) is 0 Å². The predicted octanol–water partition coefficient (Wildman–Crippen LogP) is 7.28. The van der Waals surface area contributed by atoms with Crippen molar-refractivity contribution in [2.24, 2.45) is 0 Å². The average Bonchev–Trinajstić information content (AvgIpc) is 2.95. The summed E-state index contributed by atoms with van der Waals surface area (Å²) in [5.74, 6) is 0.149. The molecule has 0 heterocycles. The van der Waals surface area contributed by atoms with Gasteiger partial charge >= 0.3 is 0 Å². The minimum absolute atomic E-state index is 0.145. The van der Waals surface area contributed by atoms with E-state index in [0.29, 0.717) is 0 Å². The zero-order valence-electron chi connectivity index (χ0n) is 16.7. The van der Waals surface area contributed by atoms with Gasteiger partial charge in [-0.3, -0.25) is 4.79 Å². The quantitative estimate of drug-likeness (QED) is 0.329. The van der Waals surface area contributed by atoms with Crippen molar-refractivity contribution in [2.75, 3.05) is 0 Å². The minimum Gasteiger partial charge on any atom is -0.289 e. The van der Waals surface area contributed by atoms with Gasteiger partial charge in [-0.2, -0.15) is 0 Å². The van der Waals surface area contributed by atoms with Gasteiger partial charge in [0.15, 0.2) is 5.78 Å². The highest BCUT2D eigenvalue weighted by Crippen LogP contribution is 2.41. The number of hydrogen-bond donors (Lipinski definition) is 0. The van der Waals surface area contributed by atoms with E-state index in [0.717, 1.165) is 45.9 Å². The second-order valence-electron chi connectivity index (χ2n) is 8.67. The van der Waals surface area contributed by atoms with Crippen molar-refractivity contribution in [3.8, 4) is 11.1 Å². The summed E-state index contributed by atoms with van der Waals surface area (Å²) < 4.78 is 0. The Morgan fingerprint density at radius 3 is 1.82 bits per heavy atom. The second-order valence-corrected chi connectivity index (χ2v) is 8.67. The van der Waals surface area contributed by atoms with Crippen molar-refractivity contribution >= 4 is 27.3 Å². The number of benzene rings is 4. The topological polar surface area (TPSA) is 17.1 Å². The molecule has 0 radical (unpaired) electrons. The van der Waals surface area contributed by atoms with E-state index in [1.807, 2.05) is 18.2 Å². The molecular weight excluding hydrogens is 340 g/mol. The molecule has 0 saturated carbocycles. The first-order valence-electron chi connectivity index (χ1n) is 10.1. The third-order valence-corrected chi connectivity index (χ3v) is 6.30. The first-order valence-corrected chi connectivity index (χ1v) is 10.1. The number of rotatable bonds is 3. The van der Waals surface area contributed by atoms with Gasteiger partial charge in [0.25, 0.3) is 0 Å². The molecule has 4 aromatic carbocycles. The average molecular weight is 364 g/mol. The standard InChI is InChI=1S/C27H24O/c1-4-11-27(2,3)21-10-9-19-14-23-22-13-17-7-5-6-8-18(17)15-24(22)26(28)25(23)16-20(19)12-21/h5-10,12-16H,4,11H2,1-3H3. The smallest absolute Gasteiger partial charge is 0.194 e. The van der Waals surface area contributed by atoms with Crippen molar-refractivity contribution in [3.05, 3.63) is 83.4 Å². The molecule has 0 saturated heterocycles. The normalized spacial score (nSPS) is 13.2. The molecule has 0 atom stereocenters. The third kappa shape index (κ3) is 2.50. The van der Waals surface area contributed by atoms with E-state index < -0.39 is 0 Å². The molecule has 28 heavy (non-hydrogen) atoms. The van der Waals surface area contributed by atoms with Crippen LogP contribution in [0.4, 0.5) is 0 Å². The summed E-state index contributed by atoms with van der Waals surface area (Å²) >= 11 is 0. The maximum absolute atomic E-state index is 13.2. The number of carbonyl (C=O) groups is 1. The van der Waals surface area contributed by atoms with Crippen LogP contribution in [0.15, 0.2) is 66.7 Å². The van der Waals surface area contributed by atoms with E-state index in [1.165, 1.54) is 16.3 Å². The zero-order chi connectivity index (χ0) is 19.5. The summed E-state index contributed by atoms with van der Waals surface area (Å²) in [5, 5.41) is 4.66. The van der Waals surface area contributed by atoms with Gasteiger partial charge in [0.1, 0.15) is 0 Å². The van der Waals surface area contributed by atoms with Gasteiger partial charge < -0.3 is 0 Å². The number of fused-ring (bicyclic) bond motifs is 5. The first-order chi connectivity index (χ1) is 13.5. The highest BCUT2D eigenvalue weighted by Gasteiger charge is 2.28. The monoisotopic (exact) mass is 364 g/mol. The Morgan fingerprint density at radius 2 is 1.21 bits per heavy atom. The summed E-state index contributed by atoms with van der Waals surface area (Å²) in [4.78, 5) is 13.2. The van der Waals surface area contributed by atoms with Crippen LogP contribution in [0.25, 0.3) is 32.7 Å². The maximum atomic E-state index is 13.2. The maximum Gasteiger partial charge on any atom is 0.194 e. The molecule has 4 aromatic rings. The van der Waals surface area contributed by atoms with Crippen molar-refractivity contribution in [1.82, 2.24) is 0 Å². The van der Waals surface area contributed by atoms with E-state index in [1.54, 1.807) is 0 Å². The predicted molar refractivity (Wildman–Crippen MR) is 118 cm³/mol. The Balaban J connectivity index is 1.70. The summed E-state index contributed by atoms with van der Waals surface area (Å²) in [6.45, 7) is 6.84. The fourth-order valence-corrected chi connectivity index (χ4v) is 4.69. The molecule has 0 aromatic heterocycles. The Hall–Kier alpha value is -2.93. The van der Waals surface area contributed by atoms with Crippen LogP contribution in [-0.4, -0.2) is 5.78 Å². The molecule has 1 aliphatic carbocycles. The van der Waals surface area contributed by atoms with E-state index >= 15 is 0 Å². The highest BCUT2D eigenvalue weighted by atomic mass is 16.1. The first kappa shape index (κ1) is 17.2. The fourth-order valence-electron chi connectivity index (χ4n) is 4.69. The lowest BCUT2D eigenvalue weighted by molar-refractivity contribution is 0.104. The fraction of sp³-hybridized carbons (Fsp3) is 0.222. The van der Waals surface area contributed by atoms with Crippen LogP contribution in [0.5, 0.6) is 0 Å². The molecule has 0 bridgehead atoms. The van der Waals surface area contributed by atoms with Crippen LogP contribution in [0.3, 0.4) is 0 Å². The summed E-state index contributed by atoms with van der Waals surface area (Å²) in [5.41, 5.74) is 5.29. The molecule has 0 spiro atoms. The molecule has 0 N–H and O–H groups in total. The number of carbonyl (C=O) groups excluding carboxylic acids is 1. The Bertz CT molecular complexity index is 1260. The lowest BCUT2D eigenvalue weighted by Gasteiger charge is -2.25. The number of ketones is 1. The van der Waals surface area contributed by atoms with Crippen LogP contribution in [0, 0.1) is 0 Å². The van der Waals surface area contributed by atoms with Gasteiger partial charge in [0.05, 0.1) is 0 Å². The largest absolute Gasteiger partial charge is 0.289 e. The van der Waals surface area contributed by atoms with E-state index in [2.05, 4.69) is 69.3 Å². The summed E-state index contributed by atoms with van der Waals surface area (Å²) in [6.07, 6.45) is 2.32. The Morgan fingerprint density at radius 1 is 0.679 bits per heavy atom. The molecule has 1 heteroatoms. The zero-order valence-corrected chi connectivity index (χ0v) is 16.7. The molecule has 0 unspecified atom stereocenters. The minimum atomic E-state index is 0.145. The van der Waals surface area contributed by atoms with Gasteiger partial charge in [-0.15, -0.1) is 0 Å². The number of hydrogen-bond acceptors (Lipinski definition) is 1. The second kappa shape index (κ2) is 6.04. The van der Waals surface area contributed by atoms with Crippen LogP contribution >= 0.6 is 0 Å². The highest BCUT2D eigenvalue weighted by molar-refractivity contribution is 6.24. The van der Waals surface area contributed by atoms with Crippen LogP contribution in [0.1, 0.15) is 55.1 Å². The summed E-state index contributed by atoms with van der Waals surface area (Å²) in [6, 6.07) is 23.5. The molecule has 138 valence electrons. The lowest BCUT2D eigenvalue weighted by Crippen LogP contribution is -2.16. The van der Waals surface area contributed by atoms with Gasteiger partial charge in [0.2, 0.25) is 0 Å². The van der Waals surface area contributed by atoms with Crippen LogP contribution < -0.4 is 0 Å². The van der Waals surface area contributed by atoms with Gasteiger partial charge in [0, 0.05) is 11.1 Å². The van der Waals surface area contributed by atoms with Crippen molar-refractivity contribution in [3.63, 3.8) is 0 Å². The van der Waals surface area contributed by atoms with E-state index in [-0.39, 0.29) is 11.2 Å². The van der Waals surface area contributed by atoms with Crippen molar-refractivity contribution in [2.45, 2.75) is 39.0 Å². The molecule has 5 rings (SSSR count).